The Kier molecular flexibility index (Phi) is 21.7. The molecule has 0 aliphatic carbocycles. The van der Waals surface area contributed by atoms with Gasteiger partial charge in [-0.15, -0.1) is 0 Å². The van der Waals surface area contributed by atoms with Gasteiger partial charge in [-0.2, -0.15) is 0 Å². The Morgan fingerprint density at radius 2 is 0.556 bits per heavy atom. The average Bonchev–Trinajstić information content (AvgIpc) is 1.25. The first-order valence-electron chi connectivity index (χ1n) is 3.46. The van der Waals surface area contributed by atoms with E-state index in [0.717, 1.165) is 0 Å². The van der Waals surface area contributed by atoms with Crippen molar-refractivity contribution in [2.45, 2.75) is 39.3 Å². The second-order valence-corrected chi connectivity index (χ2v) is 10.4. The summed E-state index contributed by atoms with van der Waals surface area (Å²) >= 11 is 0. The summed E-state index contributed by atoms with van der Waals surface area (Å²) in [5, 5.41) is 0. The van der Waals surface area contributed by atoms with Gasteiger partial charge in [0.2, 0.25) is 0 Å². The predicted octanol–water partition coefficient (Wildman–Crippen LogP) is 1.82. The summed E-state index contributed by atoms with van der Waals surface area (Å²) in [5.41, 5.74) is 0. The first kappa shape index (κ1) is 16.5. The molecule has 0 aliphatic heterocycles. The Morgan fingerprint density at radius 3 is 0.556 bits per heavy atom. The molecule has 0 rings (SSSR count). The average molecular weight is 155 g/mol. The fraction of sp³-hybridized carbons (Fsp3) is 1.00. The van der Waals surface area contributed by atoms with Gasteiger partial charge in [-0.05, 0) is 0 Å². The molecule has 0 atom stereocenters. The molecule has 0 fully saturated rings. The minimum Gasteiger partial charge on any atom is -0.0724 e. The van der Waals surface area contributed by atoms with E-state index in [0.29, 0.717) is 0 Å². The van der Waals surface area contributed by atoms with Crippen LogP contribution >= 0.6 is 0 Å². The molecule has 0 saturated carbocycles. The summed E-state index contributed by atoms with van der Waals surface area (Å²) in [7, 11) is -0.278. The zero-order valence-electron chi connectivity index (χ0n) is 8.15. The van der Waals surface area contributed by atoms with Crippen molar-refractivity contribution in [1.29, 1.82) is 0 Å². The molecular formula is C6H20LiSi2. The Balaban J connectivity index is -0.0000000720. The van der Waals surface area contributed by atoms with Crippen LogP contribution in [0.5, 0.6) is 0 Å². The van der Waals surface area contributed by atoms with Crippen LogP contribution in [0.1, 0.15) is 0 Å². The summed E-state index contributed by atoms with van der Waals surface area (Å²) in [4.78, 5) is 0. The topological polar surface area (TPSA) is 0 Å². The smallest absolute Gasteiger partial charge is 0.0274 e. The van der Waals surface area contributed by atoms with Crippen molar-refractivity contribution in [2.24, 2.45) is 0 Å². The van der Waals surface area contributed by atoms with Gasteiger partial charge in [0, 0.05) is 36.5 Å². The second-order valence-electron chi connectivity index (χ2n) is 3.46. The maximum absolute atomic E-state index is 2.31. The van der Waals surface area contributed by atoms with Gasteiger partial charge in [-0.25, -0.2) is 0 Å². The second kappa shape index (κ2) is 11.8. The SMILES string of the molecule is C[SiH](C)C.C[SiH](C)C.[Li]. The van der Waals surface area contributed by atoms with E-state index in [4.69, 9.17) is 0 Å². The van der Waals surface area contributed by atoms with Crippen molar-refractivity contribution < 1.29 is 0 Å². The van der Waals surface area contributed by atoms with E-state index < -0.39 is 0 Å². The maximum Gasteiger partial charge on any atom is 0.0274 e. The largest absolute Gasteiger partial charge is 0.0724 e. The zero-order chi connectivity index (χ0) is 7.15. The van der Waals surface area contributed by atoms with Gasteiger partial charge in [-0.3, -0.25) is 0 Å². The summed E-state index contributed by atoms with van der Waals surface area (Å²) in [6, 6.07) is 0. The molecule has 0 aromatic heterocycles. The Morgan fingerprint density at radius 1 is 0.556 bits per heavy atom. The maximum atomic E-state index is 2.31. The van der Waals surface area contributed by atoms with Crippen LogP contribution in [0.2, 0.25) is 39.3 Å². The van der Waals surface area contributed by atoms with Crippen molar-refractivity contribution >= 4 is 36.5 Å². The first-order chi connectivity index (χ1) is 3.46. The van der Waals surface area contributed by atoms with E-state index in [1.165, 1.54) is 0 Å². The Labute approximate surface area is 75.8 Å². The molecule has 0 unspecified atom stereocenters. The van der Waals surface area contributed by atoms with Gasteiger partial charge in [-0.1, -0.05) is 39.3 Å². The van der Waals surface area contributed by atoms with Crippen molar-refractivity contribution in [3.8, 4) is 0 Å². The molecular weight excluding hydrogens is 135 g/mol. The molecule has 0 nitrogen and oxygen atoms in total. The fourth-order valence-electron chi connectivity index (χ4n) is 0. The Bertz CT molecular complexity index is 26.5. The number of rotatable bonds is 0. The molecule has 1 radical (unpaired) electrons. The van der Waals surface area contributed by atoms with Crippen LogP contribution in [-0.2, 0) is 0 Å². The van der Waals surface area contributed by atoms with Gasteiger partial charge >= 0.3 is 0 Å². The molecule has 0 N–H and O–H groups in total. The fourth-order valence-corrected chi connectivity index (χ4v) is 0. The van der Waals surface area contributed by atoms with Crippen LogP contribution in [0.4, 0.5) is 0 Å². The van der Waals surface area contributed by atoms with E-state index in [1.54, 1.807) is 0 Å². The van der Waals surface area contributed by atoms with Crippen LogP contribution in [0.15, 0.2) is 0 Å². The van der Waals surface area contributed by atoms with Gasteiger partial charge in [0.25, 0.3) is 0 Å². The van der Waals surface area contributed by atoms with E-state index in [1.807, 2.05) is 0 Å². The summed E-state index contributed by atoms with van der Waals surface area (Å²) in [5.74, 6) is 0. The van der Waals surface area contributed by atoms with Crippen molar-refractivity contribution in [3.63, 3.8) is 0 Å². The standard InChI is InChI=1S/2C3H10Si.Li/c2*1-4(2)3;/h2*4H,1-3H3;. The minimum absolute atomic E-state index is 0. The summed E-state index contributed by atoms with van der Waals surface area (Å²) in [6.07, 6.45) is 0. The molecule has 0 heterocycles. The van der Waals surface area contributed by atoms with Gasteiger partial charge < -0.3 is 0 Å². The molecule has 3 heteroatoms. The Hall–Kier alpha value is 1.03. The molecule has 9 heavy (non-hydrogen) atoms. The van der Waals surface area contributed by atoms with Crippen molar-refractivity contribution in [3.05, 3.63) is 0 Å². The third-order valence-corrected chi connectivity index (χ3v) is 0. The third kappa shape index (κ3) is 420. The van der Waals surface area contributed by atoms with Gasteiger partial charge in [0.1, 0.15) is 0 Å². The predicted molar refractivity (Wildman–Crippen MR) is 55.2 cm³/mol. The normalized spacial score (nSPS) is 8.00. The molecule has 0 bridgehead atoms. The quantitative estimate of drug-likeness (QED) is 0.468. The van der Waals surface area contributed by atoms with Crippen molar-refractivity contribution in [1.82, 2.24) is 0 Å². The molecule has 0 aromatic rings. The van der Waals surface area contributed by atoms with Crippen LogP contribution < -0.4 is 0 Å². The van der Waals surface area contributed by atoms with Crippen LogP contribution in [0.3, 0.4) is 0 Å². The zero-order valence-corrected chi connectivity index (χ0v) is 10.5. The van der Waals surface area contributed by atoms with E-state index >= 15 is 0 Å². The van der Waals surface area contributed by atoms with E-state index in [2.05, 4.69) is 39.3 Å². The van der Waals surface area contributed by atoms with E-state index in [9.17, 15) is 0 Å². The molecule has 53 valence electrons. The van der Waals surface area contributed by atoms with Crippen molar-refractivity contribution in [2.75, 3.05) is 0 Å². The van der Waals surface area contributed by atoms with Gasteiger partial charge in [0.15, 0.2) is 0 Å². The van der Waals surface area contributed by atoms with Crippen LogP contribution in [-0.4, -0.2) is 36.5 Å². The summed E-state index contributed by atoms with van der Waals surface area (Å²) < 4.78 is 0. The minimum atomic E-state index is -0.139. The molecule has 0 amide bonds. The molecule has 0 spiro atoms. The van der Waals surface area contributed by atoms with E-state index in [-0.39, 0.29) is 36.5 Å². The first-order valence-corrected chi connectivity index (χ1v) is 10.4. The van der Waals surface area contributed by atoms with Gasteiger partial charge in [0.05, 0.1) is 0 Å². The molecule has 0 aliphatic rings. The molecule has 0 saturated heterocycles. The summed E-state index contributed by atoms with van der Waals surface area (Å²) in [6.45, 7) is 13.8. The monoisotopic (exact) mass is 155 g/mol. The number of hydrogen-bond donors (Lipinski definition) is 0. The molecule has 0 aromatic carbocycles. The van der Waals surface area contributed by atoms with Crippen LogP contribution in [0, 0.1) is 0 Å². The number of hydrogen-bond acceptors (Lipinski definition) is 0. The third-order valence-electron chi connectivity index (χ3n) is 0. The van der Waals surface area contributed by atoms with Crippen LogP contribution in [0.25, 0.3) is 0 Å².